The molecule has 0 aliphatic rings. The molecule has 15 heavy (non-hydrogen) atoms. The molecular weight excluding hydrogens is 192 g/mol. The third-order valence-corrected chi connectivity index (χ3v) is 2.45. The Morgan fingerprint density at radius 2 is 1.67 bits per heavy atom. The maximum Gasteiger partial charge on any atom is 0.246 e. The molecule has 88 valence electrons. The lowest BCUT2D eigenvalue weighted by molar-refractivity contribution is -0.117. The fourth-order valence-corrected chi connectivity index (χ4v) is 1.26. The van der Waals surface area contributed by atoms with Crippen molar-refractivity contribution in [3.63, 3.8) is 0 Å². The highest BCUT2D eigenvalue weighted by molar-refractivity contribution is 5.91. The van der Waals surface area contributed by atoms with Crippen LogP contribution < -0.4 is 21.3 Å². The Morgan fingerprint density at radius 3 is 2.00 bits per heavy atom. The Kier molecular flexibility index (Phi) is 6.15. The Bertz CT molecular complexity index is 215. The first kappa shape index (κ1) is 14.1. The smallest absolute Gasteiger partial charge is 0.246 e. The molecule has 0 atom stereocenters. The van der Waals surface area contributed by atoms with Crippen LogP contribution in [0.4, 0.5) is 0 Å². The molecule has 0 aliphatic heterocycles. The molecule has 0 aromatic heterocycles. The topological polar surface area (TPSA) is 65.2 Å². The minimum atomic E-state index is -0.345. The van der Waals surface area contributed by atoms with E-state index in [1.54, 1.807) is 6.92 Å². The van der Waals surface area contributed by atoms with Gasteiger partial charge in [0.2, 0.25) is 5.91 Å². The van der Waals surface area contributed by atoms with Gasteiger partial charge in [0.15, 0.2) is 0 Å². The molecular formula is C10H22N4O. The van der Waals surface area contributed by atoms with Crippen LogP contribution in [-0.4, -0.2) is 39.4 Å². The van der Waals surface area contributed by atoms with Gasteiger partial charge in [-0.1, -0.05) is 6.58 Å². The molecule has 0 bridgehead atoms. The fraction of sp³-hybridized carbons (Fsp3) is 0.700. The second-order valence-electron chi connectivity index (χ2n) is 3.44. The molecule has 0 aromatic carbocycles. The summed E-state index contributed by atoms with van der Waals surface area (Å²) in [7, 11) is 5.56. The van der Waals surface area contributed by atoms with Gasteiger partial charge in [0.1, 0.15) is 5.79 Å². The van der Waals surface area contributed by atoms with E-state index in [-0.39, 0.29) is 11.7 Å². The Hall–Kier alpha value is -0.910. The van der Waals surface area contributed by atoms with Crippen molar-refractivity contribution in [2.24, 2.45) is 0 Å². The first-order valence-electron chi connectivity index (χ1n) is 5.01. The van der Waals surface area contributed by atoms with Crippen LogP contribution >= 0.6 is 0 Å². The van der Waals surface area contributed by atoms with Gasteiger partial charge in [-0.15, -0.1) is 0 Å². The molecule has 4 N–H and O–H groups in total. The maximum atomic E-state index is 11.2. The van der Waals surface area contributed by atoms with Gasteiger partial charge in [-0.05, 0) is 28.1 Å². The van der Waals surface area contributed by atoms with Gasteiger partial charge in [-0.2, -0.15) is 0 Å². The molecule has 0 unspecified atom stereocenters. The first-order valence-corrected chi connectivity index (χ1v) is 5.01. The van der Waals surface area contributed by atoms with E-state index < -0.39 is 0 Å². The van der Waals surface area contributed by atoms with Crippen LogP contribution in [0.2, 0.25) is 0 Å². The average Bonchev–Trinajstić information content (AvgIpc) is 2.24. The number of nitrogens with one attached hydrogen (secondary N) is 4. The van der Waals surface area contributed by atoms with Gasteiger partial charge >= 0.3 is 0 Å². The molecule has 0 rings (SSSR count). The Labute approximate surface area is 91.7 Å². The van der Waals surface area contributed by atoms with E-state index in [4.69, 9.17) is 0 Å². The average molecular weight is 214 g/mol. The van der Waals surface area contributed by atoms with Crippen LogP contribution in [0.1, 0.15) is 13.3 Å². The van der Waals surface area contributed by atoms with E-state index in [2.05, 4.69) is 27.8 Å². The summed E-state index contributed by atoms with van der Waals surface area (Å²) in [6.07, 6.45) is 0.732. The molecule has 0 saturated carbocycles. The molecule has 0 fully saturated rings. The number of hydrogen-bond acceptors (Lipinski definition) is 4. The van der Waals surface area contributed by atoms with Crippen LogP contribution in [0.5, 0.6) is 0 Å². The number of rotatable bonds is 7. The van der Waals surface area contributed by atoms with Crippen molar-refractivity contribution >= 4 is 5.91 Å². The second kappa shape index (κ2) is 6.55. The molecule has 5 nitrogen and oxygen atoms in total. The molecule has 0 spiro atoms. The maximum absolute atomic E-state index is 11.2. The summed E-state index contributed by atoms with van der Waals surface area (Å²) in [6.45, 7) is 5.84. The highest BCUT2D eigenvalue weighted by atomic mass is 16.1. The number of hydrogen-bond donors (Lipinski definition) is 4. The predicted molar refractivity (Wildman–Crippen MR) is 62.4 cm³/mol. The van der Waals surface area contributed by atoms with E-state index in [0.29, 0.717) is 12.1 Å². The van der Waals surface area contributed by atoms with Gasteiger partial charge in [0, 0.05) is 18.5 Å². The molecule has 0 aromatic rings. The minimum Gasteiger partial charge on any atom is -0.352 e. The summed E-state index contributed by atoms with van der Waals surface area (Å²) >= 11 is 0. The van der Waals surface area contributed by atoms with Gasteiger partial charge in [0.25, 0.3) is 0 Å². The minimum absolute atomic E-state index is 0.104. The van der Waals surface area contributed by atoms with Crippen molar-refractivity contribution in [2.75, 3.05) is 27.7 Å². The van der Waals surface area contributed by atoms with E-state index in [1.165, 1.54) is 0 Å². The van der Waals surface area contributed by atoms with Crippen LogP contribution in [-0.2, 0) is 4.79 Å². The summed E-state index contributed by atoms with van der Waals surface area (Å²) in [5.74, 6) is -0.449. The highest BCUT2D eigenvalue weighted by Crippen LogP contribution is 1.98. The number of amides is 1. The zero-order valence-electron chi connectivity index (χ0n) is 10.0. The summed E-state index contributed by atoms with van der Waals surface area (Å²) in [6, 6.07) is 0. The van der Waals surface area contributed by atoms with Crippen molar-refractivity contribution in [1.82, 2.24) is 21.3 Å². The van der Waals surface area contributed by atoms with Gasteiger partial charge in [0.05, 0.1) is 0 Å². The van der Waals surface area contributed by atoms with Crippen LogP contribution in [0, 0.1) is 0 Å². The quantitative estimate of drug-likeness (QED) is 0.337. The molecule has 0 saturated heterocycles. The highest BCUT2D eigenvalue weighted by Gasteiger charge is 2.22. The second-order valence-corrected chi connectivity index (χ2v) is 3.44. The van der Waals surface area contributed by atoms with E-state index >= 15 is 0 Å². The fourth-order valence-electron chi connectivity index (χ4n) is 1.26. The van der Waals surface area contributed by atoms with E-state index in [0.717, 1.165) is 6.42 Å². The molecule has 5 heteroatoms. The van der Waals surface area contributed by atoms with Crippen molar-refractivity contribution in [2.45, 2.75) is 19.1 Å². The van der Waals surface area contributed by atoms with E-state index in [9.17, 15) is 4.79 Å². The third-order valence-electron chi connectivity index (χ3n) is 2.45. The standard InChI is InChI=1S/C10H22N4O/c1-8(2)9(15)14-7-6-10(11-3,12-4)13-5/h11-13H,1,6-7H2,2-5H3,(H,14,15). The van der Waals surface area contributed by atoms with Gasteiger partial charge < -0.3 is 5.32 Å². The Balaban J connectivity index is 4.02. The molecule has 0 radical (unpaired) electrons. The lowest BCUT2D eigenvalue weighted by Gasteiger charge is -2.33. The van der Waals surface area contributed by atoms with Crippen LogP contribution in [0.15, 0.2) is 12.2 Å². The normalized spacial score (nSPS) is 11.2. The zero-order chi connectivity index (χ0) is 11.9. The zero-order valence-corrected chi connectivity index (χ0v) is 10.0. The SMILES string of the molecule is C=C(C)C(=O)NCCC(NC)(NC)NC. The lowest BCUT2D eigenvalue weighted by Crippen LogP contribution is -2.64. The largest absolute Gasteiger partial charge is 0.352 e. The summed E-state index contributed by atoms with van der Waals surface area (Å²) in [5.41, 5.74) is 0.527. The van der Waals surface area contributed by atoms with E-state index in [1.807, 2.05) is 21.1 Å². The summed E-state index contributed by atoms with van der Waals surface area (Å²) in [5, 5.41) is 12.1. The van der Waals surface area contributed by atoms with Gasteiger partial charge in [-0.25, -0.2) is 0 Å². The third kappa shape index (κ3) is 4.42. The van der Waals surface area contributed by atoms with Crippen molar-refractivity contribution in [3.05, 3.63) is 12.2 Å². The first-order chi connectivity index (χ1) is 7.01. The van der Waals surface area contributed by atoms with Gasteiger partial charge in [-0.3, -0.25) is 20.7 Å². The lowest BCUT2D eigenvalue weighted by atomic mass is 10.2. The van der Waals surface area contributed by atoms with Crippen molar-refractivity contribution in [3.8, 4) is 0 Å². The van der Waals surface area contributed by atoms with Crippen LogP contribution in [0.25, 0.3) is 0 Å². The summed E-state index contributed by atoms with van der Waals surface area (Å²) < 4.78 is 0. The predicted octanol–water partition coefficient (Wildman–Crippen LogP) is -0.619. The van der Waals surface area contributed by atoms with Crippen molar-refractivity contribution < 1.29 is 4.79 Å². The van der Waals surface area contributed by atoms with Crippen LogP contribution in [0.3, 0.4) is 0 Å². The number of carbonyl (C=O) groups is 1. The van der Waals surface area contributed by atoms with Crippen molar-refractivity contribution in [1.29, 1.82) is 0 Å². The number of carbonyl (C=O) groups excluding carboxylic acids is 1. The molecule has 0 heterocycles. The Morgan fingerprint density at radius 1 is 1.20 bits per heavy atom. The summed E-state index contributed by atoms with van der Waals surface area (Å²) in [4.78, 5) is 11.2. The molecule has 1 amide bonds. The molecule has 0 aliphatic carbocycles. The monoisotopic (exact) mass is 214 g/mol.